The Kier molecular flexibility index (Phi) is 8.17. The summed E-state index contributed by atoms with van der Waals surface area (Å²) in [6, 6.07) is 22.0. The van der Waals surface area contributed by atoms with Gasteiger partial charge in [-0.3, -0.25) is 0 Å². The highest BCUT2D eigenvalue weighted by molar-refractivity contribution is 5.72. The van der Waals surface area contributed by atoms with Gasteiger partial charge in [-0.15, -0.1) is 0 Å². The Hall–Kier alpha value is -3.44. The monoisotopic (exact) mass is 434 g/mol. The molecule has 0 aliphatic rings. The summed E-state index contributed by atoms with van der Waals surface area (Å²) in [5.41, 5.74) is 5.07. The zero-order valence-corrected chi connectivity index (χ0v) is 18.3. The van der Waals surface area contributed by atoms with E-state index in [1.807, 2.05) is 61.5 Å². The van der Waals surface area contributed by atoms with Gasteiger partial charge in [-0.1, -0.05) is 48.5 Å². The highest BCUT2D eigenvalue weighted by Crippen LogP contribution is 2.23. The number of allylic oxidation sites excluding steroid dienone is 1. The van der Waals surface area contributed by atoms with E-state index in [-0.39, 0.29) is 5.82 Å². The fourth-order valence-electron chi connectivity index (χ4n) is 3.30. The molecule has 4 nitrogen and oxygen atoms in total. The molecule has 3 aromatic rings. The third-order valence-electron chi connectivity index (χ3n) is 5.15. The predicted molar refractivity (Wildman–Crippen MR) is 124 cm³/mol. The third kappa shape index (κ3) is 6.53. The summed E-state index contributed by atoms with van der Waals surface area (Å²) in [6.07, 6.45) is 1.49. The molecule has 0 radical (unpaired) electrons. The minimum Gasteiger partial charge on any atom is -0.490 e. The summed E-state index contributed by atoms with van der Waals surface area (Å²) in [6.45, 7) is 4.59. The van der Waals surface area contributed by atoms with E-state index in [0.29, 0.717) is 25.4 Å². The van der Waals surface area contributed by atoms with Crippen LogP contribution in [0.5, 0.6) is 5.75 Å². The lowest BCUT2D eigenvalue weighted by Crippen LogP contribution is -2.26. The van der Waals surface area contributed by atoms with Crippen LogP contribution in [0.4, 0.5) is 4.39 Å². The number of benzene rings is 3. The molecule has 3 rings (SSSR count). The fraction of sp³-hybridized carbons (Fsp3) is 0.222. The maximum absolute atomic E-state index is 13.1. The maximum atomic E-state index is 13.1. The van der Waals surface area contributed by atoms with E-state index in [0.717, 1.165) is 27.8 Å². The lowest BCUT2D eigenvalue weighted by atomic mass is 10.0. The molecule has 1 N–H and O–H groups in total. The number of hydrogen-bond acceptors (Lipinski definition) is 3. The van der Waals surface area contributed by atoms with Gasteiger partial charge in [-0.05, 0) is 72.0 Å². The normalized spacial score (nSPS) is 12.4. The number of carboxylic acid groups (broad SMARTS) is 1. The van der Waals surface area contributed by atoms with E-state index in [4.69, 9.17) is 9.47 Å². The second kappa shape index (κ2) is 11.3. The standard InChI is InChI=1S/C27H27FO4/c1-3-31-26(27(29)30)18-20-4-14-25(15-5-20)32-17-16-19(2)21-6-8-22(9-7-21)23-10-12-24(28)13-11-23/h4-16,26H,3,17-18H2,1-2H3,(H,29,30)/b19-16+. The van der Waals surface area contributed by atoms with Crippen LogP contribution in [0.1, 0.15) is 25.0 Å². The first-order chi connectivity index (χ1) is 15.5. The zero-order chi connectivity index (χ0) is 22.9. The first-order valence-electron chi connectivity index (χ1n) is 10.6. The van der Waals surface area contributed by atoms with Gasteiger partial charge in [0.05, 0.1) is 0 Å². The number of aliphatic carboxylic acids is 1. The number of ether oxygens (including phenoxy) is 2. The van der Waals surface area contributed by atoms with Crippen LogP contribution in [-0.4, -0.2) is 30.4 Å². The lowest BCUT2D eigenvalue weighted by molar-refractivity contribution is -0.149. The van der Waals surface area contributed by atoms with Crippen LogP contribution in [0.3, 0.4) is 0 Å². The molecule has 1 atom stereocenters. The molecule has 5 heteroatoms. The quantitative estimate of drug-likeness (QED) is 0.425. The highest BCUT2D eigenvalue weighted by atomic mass is 19.1. The van der Waals surface area contributed by atoms with Crippen LogP contribution >= 0.6 is 0 Å². The van der Waals surface area contributed by atoms with Crippen molar-refractivity contribution < 1.29 is 23.8 Å². The molecular formula is C27H27FO4. The van der Waals surface area contributed by atoms with Crippen molar-refractivity contribution in [3.8, 4) is 16.9 Å². The average molecular weight is 435 g/mol. The van der Waals surface area contributed by atoms with Gasteiger partial charge in [0.1, 0.15) is 18.2 Å². The van der Waals surface area contributed by atoms with Gasteiger partial charge in [0.2, 0.25) is 0 Å². The first-order valence-corrected chi connectivity index (χ1v) is 10.6. The molecule has 166 valence electrons. The molecule has 0 aromatic heterocycles. The number of halogens is 1. The molecule has 0 amide bonds. The largest absolute Gasteiger partial charge is 0.490 e. The van der Waals surface area contributed by atoms with E-state index in [1.165, 1.54) is 12.1 Å². The van der Waals surface area contributed by atoms with Gasteiger partial charge in [-0.2, -0.15) is 0 Å². The molecule has 0 bridgehead atoms. The molecule has 1 unspecified atom stereocenters. The molecule has 0 aliphatic heterocycles. The Bertz CT molecular complexity index is 1040. The number of carboxylic acids is 1. The van der Waals surface area contributed by atoms with Crippen molar-refractivity contribution in [3.05, 3.63) is 95.8 Å². The number of carbonyl (C=O) groups is 1. The maximum Gasteiger partial charge on any atom is 0.333 e. The average Bonchev–Trinajstić information content (AvgIpc) is 2.80. The minimum absolute atomic E-state index is 0.242. The van der Waals surface area contributed by atoms with Crippen LogP contribution in [-0.2, 0) is 16.0 Å². The zero-order valence-electron chi connectivity index (χ0n) is 18.3. The molecule has 0 spiro atoms. The van der Waals surface area contributed by atoms with Crippen molar-refractivity contribution >= 4 is 11.5 Å². The van der Waals surface area contributed by atoms with Gasteiger partial charge in [0, 0.05) is 13.0 Å². The summed E-state index contributed by atoms with van der Waals surface area (Å²) in [5, 5.41) is 9.20. The summed E-state index contributed by atoms with van der Waals surface area (Å²) in [5.74, 6) is -0.486. The molecule has 0 aliphatic carbocycles. The van der Waals surface area contributed by atoms with E-state index >= 15 is 0 Å². The topological polar surface area (TPSA) is 55.8 Å². The molecule has 0 saturated carbocycles. The Morgan fingerprint density at radius 3 is 2.12 bits per heavy atom. The van der Waals surface area contributed by atoms with Crippen LogP contribution in [0.25, 0.3) is 16.7 Å². The number of hydrogen-bond donors (Lipinski definition) is 1. The summed E-state index contributed by atoms with van der Waals surface area (Å²) >= 11 is 0. The van der Waals surface area contributed by atoms with Crippen LogP contribution in [0.2, 0.25) is 0 Å². The Labute approximate surface area is 187 Å². The Morgan fingerprint density at radius 2 is 1.56 bits per heavy atom. The summed E-state index contributed by atoms with van der Waals surface area (Å²) in [4.78, 5) is 11.2. The van der Waals surface area contributed by atoms with Crippen molar-refractivity contribution in [3.63, 3.8) is 0 Å². The van der Waals surface area contributed by atoms with Crippen molar-refractivity contribution in [1.29, 1.82) is 0 Å². The molecule has 0 saturated heterocycles. The first kappa shape index (κ1) is 23.2. The molecule has 32 heavy (non-hydrogen) atoms. The minimum atomic E-state index is -0.960. The van der Waals surface area contributed by atoms with Crippen LogP contribution < -0.4 is 4.74 Å². The second-order valence-corrected chi connectivity index (χ2v) is 7.41. The van der Waals surface area contributed by atoms with Crippen molar-refractivity contribution in [2.45, 2.75) is 26.4 Å². The Morgan fingerprint density at radius 1 is 0.969 bits per heavy atom. The molecule has 3 aromatic carbocycles. The summed E-state index contributed by atoms with van der Waals surface area (Å²) < 4.78 is 24.1. The third-order valence-corrected chi connectivity index (χ3v) is 5.15. The van der Waals surface area contributed by atoms with Gasteiger partial charge in [-0.25, -0.2) is 9.18 Å². The van der Waals surface area contributed by atoms with Gasteiger partial charge < -0.3 is 14.6 Å². The fourth-order valence-corrected chi connectivity index (χ4v) is 3.30. The van der Waals surface area contributed by atoms with Gasteiger partial charge in [0.25, 0.3) is 0 Å². The van der Waals surface area contributed by atoms with Crippen molar-refractivity contribution in [2.75, 3.05) is 13.2 Å². The smallest absolute Gasteiger partial charge is 0.333 e. The van der Waals surface area contributed by atoms with E-state index in [2.05, 4.69) is 0 Å². The van der Waals surface area contributed by atoms with E-state index < -0.39 is 12.1 Å². The SMILES string of the molecule is CCOC(Cc1ccc(OC/C=C(\C)c2ccc(-c3ccc(F)cc3)cc2)cc1)C(=O)O. The molecule has 0 fully saturated rings. The number of rotatable bonds is 10. The van der Waals surface area contributed by atoms with Gasteiger partial charge in [0.15, 0.2) is 6.10 Å². The lowest BCUT2D eigenvalue weighted by Gasteiger charge is -2.12. The van der Waals surface area contributed by atoms with E-state index in [9.17, 15) is 14.3 Å². The predicted octanol–water partition coefficient (Wildman–Crippen LogP) is 6.01. The molecule has 0 heterocycles. The van der Waals surface area contributed by atoms with Gasteiger partial charge >= 0.3 is 5.97 Å². The van der Waals surface area contributed by atoms with Crippen LogP contribution in [0.15, 0.2) is 78.9 Å². The van der Waals surface area contributed by atoms with Crippen LogP contribution in [0, 0.1) is 5.82 Å². The Balaban J connectivity index is 1.55. The van der Waals surface area contributed by atoms with Crippen molar-refractivity contribution in [2.24, 2.45) is 0 Å². The summed E-state index contributed by atoms with van der Waals surface area (Å²) in [7, 11) is 0. The second-order valence-electron chi connectivity index (χ2n) is 7.41. The molecular weight excluding hydrogens is 407 g/mol. The van der Waals surface area contributed by atoms with E-state index in [1.54, 1.807) is 19.1 Å². The van der Waals surface area contributed by atoms with Crippen molar-refractivity contribution in [1.82, 2.24) is 0 Å². The highest BCUT2D eigenvalue weighted by Gasteiger charge is 2.17.